The van der Waals surface area contributed by atoms with Crippen LogP contribution in [0.1, 0.15) is 50.3 Å². The van der Waals surface area contributed by atoms with Crippen molar-refractivity contribution < 1.29 is 0 Å². The number of nitriles is 1. The van der Waals surface area contributed by atoms with E-state index in [4.69, 9.17) is 5.26 Å². The summed E-state index contributed by atoms with van der Waals surface area (Å²) in [5, 5.41) is 12.5. The van der Waals surface area contributed by atoms with Crippen LogP contribution in [0.15, 0.2) is 18.2 Å². The normalized spacial score (nSPS) is 12.4. The highest BCUT2D eigenvalue weighted by Gasteiger charge is 2.05. The van der Waals surface area contributed by atoms with E-state index in [1.165, 1.54) is 30.5 Å². The minimum Gasteiger partial charge on any atom is -0.310 e. The summed E-state index contributed by atoms with van der Waals surface area (Å²) in [6, 6.07) is 8.63. The molecule has 0 aliphatic carbocycles. The molecule has 0 fully saturated rings. The van der Waals surface area contributed by atoms with Crippen molar-refractivity contribution in [3.63, 3.8) is 0 Å². The first kappa shape index (κ1) is 17.7. The second-order valence-electron chi connectivity index (χ2n) is 5.70. The summed E-state index contributed by atoms with van der Waals surface area (Å²) in [6.45, 7) is 13.1. The van der Waals surface area contributed by atoms with E-state index in [-0.39, 0.29) is 0 Å². The van der Waals surface area contributed by atoms with E-state index in [0.29, 0.717) is 6.04 Å². The lowest BCUT2D eigenvalue weighted by Crippen LogP contribution is -2.29. The third-order valence-corrected chi connectivity index (χ3v) is 4.12. The Bertz CT molecular complexity index is 458. The van der Waals surface area contributed by atoms with Crippen LogP contribution in [-0.2, 0) is 6.54 Å². The molecule has 0 radical (unpaired) electrons. The summed E-state index contributed by atoms with van der Waals surface area (Å²) >= 11 is 0. The summed E-state index contributed by atoms with van der Waals surface area (Å²) < 4.78 is 0. The Morgan fingerprint density at radius 2 is 2.00 bits per heavy atom. The lowest BCUT2D eigenvalue weighted by atomic mass is 10.0. The van der Waals surface area contributed by atoms with Gasteiger partial charge in [0.1, 0.15) is 0 Å². The van der Waals surface area contributed by atoms with Crippen molar-refractivity contribution in [2.24, 2.45) is 0 Å². The van der Waals surface area contributed by atoms with Gasteiger partial charge in [-0.1, -0.05) is 19.9 Å². The van der Waals surface area contributed by atoms with E-state index in [9.17, 15) is 0 Å². The van der Waals surface area contributed by atoms with Gasteiger partial charge in [-0.05, 0) is 69.6 Å². The summed E-state index contributed by atoms with van der Waals surface area (Å²) in [4.78, 5) is 2.47. The fraction of sp³-hybridized carbons (Fsp3) is 0.611. The molecule has 21 heavy (non-hydrogen) atoms. The molecule has 0 bridgehead atoms. The van der Waals surface area contributed by atoms with Gasteiger partial charge in [-0.3, -0.25) is 0 Å². The third-order valence-electron chi connectivity index (χ3n) is 4.12. The molecule has 0 saturated carbocycles. The Hall–Kier alpha value is -1.37. The molecule has 0 aliphatic heterocycles. The van der Waals surface area contributed by atoms with Crippen LogP contribution in [0.25, 0.3) is 0 Å². The van der Waals surface area contributed by atoms with Crippen LogP contribution in [0.3, 0.4) is 0 Å². The van der Waals surface area contributed by atoms with Crippen LogP contribution in [-0.4, -0.2) is 30.6 Å². The van der Waals surface area contributed by atoms with Gasteiger partial charge in [-0.15, -0.1) is 0 Å². The maximum atomic E-state index is 8.88. The first-order chi connectivity index (χ1) is 10.1. The zero-order chi connectivity index (χ0) is 15.7. The second-order valence-corrected chi connectivity index (χ2v) is 5.70. The summed E-state index contributed by atoms with van der Waals surface area (Å²) in [7, 11) is 0. The van der Waals surface area contributed by atoms with E-state index in [1.807, 2.05) is 12.1 Å². The average molecular weight is 287 g/mol. The van der Waals surface area contributed by atoms with Crippen molar-refractivity contribution in [2.75, 3.05) is 19.6 Å². The molecule has 1 aromatic rings. The molecule has 1 N–H and O–H groups in total. The van der Waals surface area contributed by atoms with Gasteiger partial charge in [0.05, 0.1) is 11.6 Å². The summed E-state index contributed by atoms with van der Waals surface area (Å²) in [5.41, 5.74) is 3.21. The van der Waals surface area contributed by atoms with Crippen LogP contribution in [0.2, 0.25) is 0 Å². The molecule has 116 valence electrons. The molecule has 0 amide bonds. The molecule has 1 atom stereocenters. The topological polar surface area (TPSA) is 39.1 Å². The maximum Gasteiger partial charge on any atom is 0.0991 e. The minimum atomic E-state index is 0.524. The van der Waals surface area contributed by atoms with Crippen molar-refractivity contribution >= 4 is 0 Å². The van der Waals surface area contributed by atoms with Gasteiger partial charge in [-0.2, -0.15) is 5.26 Å². The Labute approximate surface area is 130 Å². The molecule has 3 nitrogen and oxygen atoms in total. The van der Waals surface area contributed by atoms with Crippen molar-refractivity contribution in [1.82, 2.24) is 10.2 Å². The van der Waals surface area contributed by atoms with E-state index >= 15 is 0 Å². The van der Waals surface area contributed by atoms with Gasteiger partial charge in [0.25, 0.3) is 0 Å². The fourth-order valence-corrected chi connectivity index (χ4v) is 2.51. The number of hydrogen-bond donors (Lipinski definition) is 1. The molecule has 3 heteroatoms. The van der Waals surface area contributed by atoms with Gasteiger partial charge >= 0.3 is 0 Å². The van der Waals surface area contributed by atoms with Gasteiger partial charge in [0, 0.05) is 12.6 Å². The molecule has 0 spiro atoms. The summed E-state index contributed by atoms with van der Waals surface area (Å²) in [6.07, 6.45) is 2.44. The Balaban J connectivity index is 2.33. The number of nitrogens with one attached hydrogen (secondary N) is 1. The average Bonchev–Trinajstić information content (AvgIpc) is 2.50. The number of aryl methyl sites for hydroxylation is 1. The number of nitrogens with zero attached hydrogens (tertiary/aromatic N) is 2. The standard InChI is InChI=1S/C18H29N3/c1-5-21(6-2)11-7-8-16(4)20-14-18-10-9-17(13-19)12-15(18)3/h9-10,12,16,20H,5-8,11,14H2,1-4H3. The van der Waals surface area contributed by atoms with Crippen LogP contribution in [0, 0.1) is 18.3 Å². The monoisotopic (exact) mass is 287 g/mol. The van der Waals surface area contributed by atoms with Crippen LogP contribution in [0.4, 0.5) is 0 Å². The quantitative estimate of drug-likeness (QED) is 0.756. The zero-order valence-corrected chi connectivity index (χ0v) is 13.9. The zero-order valence-electron chi connectivity index (χ0n) is 13.9. The van der Waals surface area contributed by atoms with Crippen molar-refractivity contribution in [3.8, 4) is 6.07 Å². The van der Waals surface area contributed by atoms with Gasteiger partial charge in [-0.25, -0.2) is 0 Å². The highest BCUT2D eigenvalue weighted by atomic mass is 15.1. The van der Waals surface area contributed by atoms with E-state index in [0.717, 1.165) is 25.2 Å². The molecular formula is C18H29N3. The fourth-order valence-electron chi connectivity index (χ4n) is 2.51. The smallest absolute Gasteiger partial charge is 0.0991 e. The Kier molecular flexibility index (Phi) is 8.04. The molecule has 0 aliphatic rings. The molecule has 1 rings (SSSR count). The first-order valence-corrected chi connectivity index (χ1v) is 8.06. The lowest BCUT2D eigenvalue weighted by molar-refractivity contribution is 0.290. The van der Waals surface area contributed by atoms with E-state index in [2.05, 4.69) is 50.0 Å². The highest BCUT2D eigenvalue weighted by Crippen LogP contribution is 2.11. The van der Waals surface area contributed by atoms with Crippen LogP contribution >= 0.6 is 0 Å². The predicted molar refractivity (Wildman–Crippen MR) is 89.2 cm³/mol. The van der Waals surface area contributed by atoms with Crippen LogP contribution < -0.4 is 5.32 Å². The summed E-state index contributed by atoms with van der Waals surface area (Å²) in [5.74, 6) is 0. The second kappa shape index (κ2) is 9.55. The molecule has 0 heterocycles. The van der Waals surface area contributed by atoms with Gasteiger partial charge in [0.2, 0.25) is 0 Å². The minimum absolute atomic E-state index is 0.524. The van der Waals surface area contributed by atoms with Crippen LogP contribution in [0.5, 0.6) is 0 Å². The van der Waals surface area contributed by atoms with E-state index < -0.39 is 0 Å². The van der Waals surface area contributed by atoms with Crippen molar-refractivity contribution in [3.05, 3.63) is 34.9 Å². The number of benzene rings is 1. The van der Waals surface area contributed by atoms with Crippen molar-refractivity contribution in [1.29, 1.82) is 5.26 Å². The Morgan fingerprint density at radius 3 is 2.57 bits per heavy atom. The molecule has 0 aromatic heterocycles. The number of hydrogen-bond acceptors (Lipinski definition) is 3. The van der Waals surface area contributed by atoms with E-state index in [1.54, 1.807) is 0 Å². The predicted octanol–water partition coefficient (Wildman–Crippen LogP) is 3.47. The molecule has 1 unspecified atom stereocenters. The van der Waals surface area contributed by atoms with Gasteiger partial charge < -0.3 is 10.2 Å². The third kappa shape index (κ3) is 6.29. The molecular weight excluding hydrogens is 258 g/mol. The maximum absolute atomic E-state index is 8.88. The molecule has 1 aromatic carbocycles. The van der Waals surface area contributed by atoms with Gasteiger partial charge in [0.15, 0.2) is 0 Å². The van der Waals surface area contributed by atoms with Crippen molar-refractivity contribution in [2.45, 2.75) is 53.1 Å². The Morgan fingerprint density at radius 1 is 1.29 bits per heavy atom. The first-order valence-electron chi connectivity index (χ1n) is 8.06. The highest BCUT2D eigenvalue weighted by molar-refractivity contribution is 5.37. The largest absolute Gasteiger partial charge is 0.310 e. The molecule has 0 saturated heterocycles. The lowest BCUT2D eigenvalue weighted by Gasteiger charge is -2.20. The SMILES string of the molecule is CCN(CC)CCCC(C)NCc1ccc(C#N)cc1C. The number of rotatable bonds is 9.